The number of halogens is 1. The lowest BCUT2D eigenvalue weighted by molar-refractivity contribution is -0.127. The van der Waals surface area contributed by atoms with Gasteiger partial charge < -0.3 is 15.0 Å². The number of hydrogen-bond acceptors (Lipinski definition) is 6. The first-order chi connectivity index (χ1) is 14.9. The lowest BCUT2D eigenvalue weighted by Gasteiger charge is -2.20. The van der Waals surface area contributed by atoms with Gasteiger partial charge in [0.25, 0.3) is 0 Å². The normalized spacial score (nSPS) is 15.6. The van der Waals surface area contributed by atoms with E-state index >= 15 is 0 Å². The Kier molecular flexibility index (Phi) is 8.48. The van der Waals surface area contributed by atoms with Gasteiger partial charge in [0.1, 0.15) is 24.3 Å². The van der Waals surface area contributed by atoms with Crippen molar-refractivity contribution in [3.8, 4) is 12.1 Å². The Bertz CT molecular complexity index is 967. The van der Waals surface area contributed by atoms with Gasteiger partial charge in [0.2, 0.25) is 5.91 Å². The number of amidine groups is 1. The number of benzene rings is 1. The highest BCUT2D eigenvalue weighted by Crippen LogP contribution is 2.49. The first kappa shape index (κ1) is 23.8. The SMILES string of the molecule is C=CNC(=O)COC1(c2ccc(F)c(C#N)c2)CC1.CCN(C)C1=NC=C(C#N)CC1. The largest absolute Gasteiger partial charge is 0.363 e. The number of allylic oxidation sites excluding steroid dienone is 1. The molecule has 1 aromatic rings. The molecule has 3 rings (SSSR count). The fourth-order valence-electron chi connectivity index (χ4n) is 2.97. The van der Waals surface area contributed by atoms with Crippen molar-refractivity contribution in [2.24, 2.45) is 4.99 Å². The van der Waals surface area contributed by atoms with E-state index in [1.807, 2.05) is 7.05 Å². The van der Waals surface area contributed by atoms with E-state index in [-0.39, 0.29) is 18.1 Å². The van der Waals surface area contributed by atoms with E-state index < -0.39 is 11.4 Å². The van der Waals surface area contributed by atoms with E-state index in [4.69, 9.17) is 15.3 Å². The van der Waals surface area contributed by atoms with Crippen molar-refractivity contribution in [2.75, 3.05) is 20.2 Å². The molecule has 0 aromatic heterocycles. The third-order valence-electron chi connectivity index (χ3n) is 5.11. The Morgan fingerprint density at radius 3 is 2.65 bits per heavy atom. The Morgan fingerprint density at radius 2 is 2.13 bits per heavy atom. The lowest BCUT2D eigenvalue weighted by atomic mass is 10.0. The summed E-state index contributed by atoms with van der Waals surface area (Å²) in [7, 11) is 2.02. The van der Waals surface area contributed by atoms with Gasteiger partial charge in [0.05, 0.1) is 17.2 Å². The van der Waals surface area contributed by atoms with Crippen molar-refractivity contribution >= 4 is 11.7 Å². The van der Waals surface area contributed by atoms with Crippen LogP contribution in [0.4, 0.5) is 4.39 Å². The Balaban J connectivity index is 0.000000245. The minimum Gasteiger partial charge on any atom is -0.363 e. The number of carbonyl (C=O) groups is 1. The molecular weight excluding hydrogens is 397 g/mol. The Labute approximate surface area is 182 Å². The van der Waals surface area contributed by atoms with Crippen LogP contribution in [0.5, 0.6) is 0 Å². The van der Waals surface area contributed by atoms with Gasteiger partial charge in [-0.2, -0.15) is 10.5 Å². The number of nitrogens with one attached hydrogen (secondary N) is 1. The molecule has 162 valence electrons. The van der Waals surface area contributed by atoms with E-state index in [1.54, 1.807) is 18.3 Å². The minimum absolute atomic E-state index is 0.0112. The van der Waals surface area contributed by atoms with Crippen LogP contribution in [0, 0.1) is 28.5 Å². The quantitative estimate of drug-likeness (QED) is 0.755. The molecule has 31 heavy (non-hydrogen) atoms. The summed E-state index contributed by atoms with van der Waals surface area (Å²) in [6.45, 7) is 6.35. The monoisotopic (exact) mass is 423 g/mol. The van der Waals surface area contributed by atoms with E-state index in [0.29, 0.717) is 0 Å². The molecule has 1 amide bonds. The smallest absolute Gasteiger partial charge is 0.249 e. The first-order valence-corrected chi connectivity index (χ1v) is 10.0. The molecular formula is C23H26FN5O2. The van der Waals surface area contributed by atoms with E-state index in [9.17, 15) is 9.18 Å². The summed E-state index contributed by atoms with van der Waals surface area (Å²) in [4.78, 5) is 17.6. The van der Waals surface area contributed by atoms with E-state index in [2.05, 4.69) is 34.8 Å². The summed E-state index contributed by atoms with van der Waals surface area (Å²) in [5, 5.41) is 19.8. The number of aliphatic imine (C=N–C) groups is 1. The van der Waals surface area contributed by atoms with Crippen molar-refractivity contribution < 1.29 is 13.9 Å². The molecule has 7 nitrogen and oxygen atoms in total. The van der Waals surface area contributed by atoms with Crippen molar-refractivity contribution in [2.45, 2.75) is 38.2 Å². The number of rotatable bonds is 6. The maximum absolute atomic E-state index is 13.3. The highest BCUT2D eigenvalue weighted by atomic mass is 19.1. The van der Waals surface area contributed by atoms with Gasteiger partial charge in [-0.25, -0.2) is 9.38 Å². The van der Waals surface area contributed by atoms with Crippen molar-refractivity contribution in [3.63, 3.8) is 0 Å². The zero-order valence-corrected chi connectivity index (χ0v) is 17.8. The molecule has 1 aliphatic heterocycles. The van der Waals surface area contributed by atoms with Gasteiger partial charge in [-0.15, -0.1) is 0 Å². The van der Waals surface area contributed by atoms with Crippen LogP contribution in [0.3, 0.4) is 0 Å². The third kappa shape index (κ3) is 6.50. The van der Waals surface area contributed by atoms with Crippen LogP contribution < -0.4 is 5.32 Å². The van der Waals surface area contributed by atoms with Crippen LogP contribution in [0.2, 0.25) is 0 Å². The second-order valence-electron chi connectivity index (χ2n) is 7.19. The van der Waals surface area contributed by atoms with Crippen LogP contribution in [0.1, 0.15) is 43.7 Å². The van der Waals surface area contributed by atoms with Gasteiger partial charge in [0, 0.05) is 31.8 Å². The molecule has 0 unspecified atom stereocenters. The standard InChI is InChI=1S/C14H13FN2O2.C9H13N3/c1-2-17-13(18)9-19-14(5-6-14)11-3-4-12(15)10(7-11)8-16;1-3-12(2)9-5-4-8(6-10)7-11-9/h2-4,7H,1,5-6,9H2,(H,17,18);7H,3-5H2,1-2H3. The van der Waals surface area contributed by atoms with Crippen LogP contribution in [-0.4, -0.2) is 36.8 Å². The van der Waals surface area contributed by atoms with Crippen LogP contribution in [0.15, 0.2) is 47.7 Å². The van der Waals surface area contributed by atoms with Gasteiger partial charge >= 0.3 is 0 Å². The number of hydrogen-bond donors (Lipinski definition) is 1. The molecule has 0 spiro atoms. The molecule has 1 saturated carbocycles. The molecule has 1 fully saturated rings. The summed E-state index contributed by atoms with van der Waals surface area (Å²) in [5.74, 6) is 0.242. The lowest BCUT2D eigenvalue weighted by Crippen LogP contribution is -2.27. The number of ether oxygens (including phenoxy) is 1. The van der Waals surface area contributed by atoms with Gasteiger partial charge in [-0.1, -0.05) is 12.6 Å². The molecule has 1 aromatic carbocycles. The number of amides is 1. The fraction of sp³-hybridized carbons (Fsp3) is 0.391. The predicted molar refractivity (Wildman–Crippen MR) is 115 cm³/mol. The maximum Gasteiger partial charge on any atom is 0.249 e. The second kappa shape index (κ2) is 11.1. The average Bonchev–Trinajstić information content (AvgIpc) is 3.59. The Hall–Kier alpha value is -3.49. The highest BCUT2D eigenvalue weighted by Gasteiger charge is 2.46. The van der Waals surface area contributed by atoms with Gasteiger partial charge in [-0.05, 0) is 50.1 Å². The number of carbonyl (C=O) groups excluding carboxylic acids is 1. The first-order valence-electron chi connectivity index (χ1n) is 10.0. The van der Waals surface area contributed by atoms with Crippen LogP contribution in [0.25, 0.3) is 0 Å². The molecule has 1 heterocycles. The highest BCUT2D eigenvalue weighted by molar-refractivity contribution is 5.84. The topological polar surface area (TPSA) is 102 Å². The van der Waals surface area contributed by atoms with Gasteiger partial charge in [-0.3, -0.25) is 4.79 Å². The minimum atomic E-state index is -0.558. The summed E-state index contributed by atoms with van der Waals surface area (Å²) in [6.07, 6.45) is 6.20. The molecule has 2 aliphatic rings. The second-order valence-corrected chi connectivity index (χ2v) is 7.19. The van der Waals surface area contributed by atoms with E-state index in [0.717, 1.165) is 49.2 Å². The molecule has 0 bridgehead atoms. The molecule has 0 radical (unpaired) electrons. The van der Waals surface area contributed by atoms with Crippen molar-refractivity contribution in [1.29, 1.82) is 10.5 Å². The van der Waals surface area contributed by atoms with Crippen LogP contribution >= 0.6 is 0 Å². The maximum atomic E-state index is 13.3. The number of nitrogens with zero attached hydrogens (tertiary/aromatic N) is 4. The number of nitriles is 2. The summed E-state index contributed by atoms with van der Waals surface area (Å²) >= 11 is 0. The molecule has 1 aliphatic carbocycles. The Morgan fingerprint density at radius 1 is 1.39 bits per heavy atom. The molecule has 0 atom stereocenters. The fourth-order valence-corrected chi connectivity index (χ4v) is 2.97. The van der Waals surface area contributed by atoms with Gasteiger partial charge in [0.15, 0.2) is 0 Å². The van der Waals surface area contributed by atoms with Crippen LogP contribution in [-0.2, 0) is 15.1 Å². The molecule has 8 heteroatoms. The molecule has 0 saturated heterocycles. The van der Waals surface area contributed by atoms with Crippen molar-refractivity contribution in [3.05, 3.63) is 59.7 Å². The zero-order valence-electron chi connectivity index (χ0n) is 17.8. The molecule has 1 N–H and O–H groups in total. The van der Waals surface area contributed by atoms with Crippen molar-refractivity contribution in [1.82, 2.24) is 10.2 Å². The van der Waals surface area contributed by atoms with E-state index in [1.165, 1.54) is 18.3 Å². The summed E-state index contributed by atoms with van der Waals surface area (Å²) in [6, 6.07) is 8.24. The zero-order chi connectivity index (χ0) is 22.9. The average molecular weight is 423 g/mol. The summed E-state index contributed by atoms with van der Waals surface area (Å²) < 4.78 is 18.8. The third-order valence-corrected chi connectivity index (χ3v) is 5.11. The predicted octanol–water partition coefficient (Wildman–Crippen LogP) is 3.50. The summed E-state index contributed by atoms with van der Waals surface area (Å²) in [5.41, 5.74) is 0.945.